The molecule has 0 aliphatic rings. The van der Waals surface area contributed by atoms with E-state index in [0.29, 0.717) is 23.8 Å². The highest BCUT2D eigenvalue weighted by molar-refractivity contribution is 7.99. The molecule has 0 saturated heterocycles. The van der Waals surface area contributed by atoms with Crippen LogP contribution in [0, 0.1) is 0 Å². The van der Waals surface area contributed by atoms with Crippen LogP contribution in [0.5, 0.6) is 0 Å². The van der Waals surface area contributed by atoms with Crippen molar-refractivity contribution >= 4 is 45.5 Å². The fourth-order valence-corrected chi connectivity index (χ4v) is 3.81. The number of thioether (sulfide) groups is 1. The van der Waals surface area contributed by atoms with Gasteiger partial charge in [-0.25, -0.2) is 4.98 Å². The number of fused-ring (bicyclic) bond motifs is 3. The molecule has 1 atom stereocenters. The molecule has 3 aromatic rings. The Labute approximate surface area is 174 Å². The molecule has 29 heavy (non-hydrogen) atoms. The number of amides is 1. The summed E-state index contributed by atoms with van der Waals surface area (Å²) in [6.07, 6.45) is 4.35. The molecule has 1 amide bonds. The van der Waals surface area contributed by atoms with Crippen LogP contribution < -0.4 is 5.32 Å². The monoisotopic (exact) mass is 411 g/mol. The Balaban J connectivity index is 1.76. The van der Waals surface area contributed by atoms with Crippen molar-refractivity contribution in [2.24, 2.45) is 0 Å². The lowest BCUT2D eigenvalue weighted by Crippen LogP contribution is -2.40. The summed E-state index contributed by atoms with van der Waals surface area (Å²) >= 11 is 1.21. The van der Waals surface area contributed by atoms with Crippen LogP contribution in [0.4, 0.5) is 0 Å². The Morgan fingerprint density at radius 2 is 2.10 bits per heavy atom. The molecule has 7 nitrogen and oxygen atoms in total. The highest BCUT2D eigenvalue weighted by Gasteiger charge is 2.18. The molecule has 0 saturated carbocycles. The zero-order valence-corrected chi connectivity index (χ0v) is 17.5. The highest BCUT2D eigenvalue weighted by atomic mass is 32.2. The number of ketones is 1. The third kappa shape index (κ3) is 4.82. The third-order valence-corrected chi connectivity index (χ3v) is 5.51. The van der Waals surface area contributed by atoms with Crippen molar-refractivity contribution in [3.63, 3.8) is 0 Å². The number of Topliss-reactive ketones (excluding diaryl/α,β-unsaturated/α-hetero) is 1. The Kier molecular flexibility index (Phi) is 6.98. The van der Waals surface area contributed by atoms with E-state index in [9.17, 15) is 9.59 Å². The number of nitrogens with zero attached hydrogens (tertiary/aromatic N) is 4. The van der Waals surface area contributed by atoms with Gasteiger partial charge in [0.25, 0.3) is 0 Å². The number of unbranched alkanes of at least 4 members (excludes halogenated alkanes) is 1. The maximum Gasteiger partial charge on any atom is 0.231 e. The Morgan fingerprint density at radius 1 is 1.31 bits per heavy atom. The van der Waals surface area contributed by atoms with E-state index in [4.69, 9.17) is 0 Å². The first-order chi connectivity index (χ1) is 14.0. The van der Waals surface area contributed by atoms with E-state index in [2.05, 4.69) is 34.0 Å². The van der Waals surface area contributed by atoms with Gasteiger partial charge in [0.2, 0.25) is 11.1 Å². The maximum absolute atomic E-state index is 12.3. The smallest absolute Gasteiger partial charge is 0.231 e. The van der Waals surface area contributed by atoms with Crippen molar-refractivity contribution in [2.45, 2.75) is 50.9 Å². The summed E-state index contributed by atoms with van der Waals surface area (Å²) in [6, 6.07) is 7.50. The van der Waals surface area contributed by atoms with E-state index in [1.54, 1.807) is 0 Å². The molecule has 2 heterocycles. The minimum Gasteiger partial charge on any atom is -0.346 e. The minimum atomic E-state index is -0.431. The largest absolute Gasteiger partial charge is 0.346 e. The van der Waals surface area contributed by atoms with Crippen molar-refractivity contribution in [1.29, 1.82) is 0 Å². The standard InChI is InChI=1S/C21H25N5O2S/c1-4-6-10-16(14(3)27)22-18(28)13-29-21-23-20-19(24-25-21)15-9-7-8-11-17(15)26(20)12-5-2/h5,7-9,11,16H,2,4,6,10,12-13H2,1,3H3,(H,22,28)/t16-/m0/s1. The average molecular weight is 412 g/mol. The molecule has 0 radical (unpaired) electrons. The summed E-state index contributed by atoms with van der Waals surface area (Å²) in [7, 11) is 0. The SMILES string of the molecule is C=CCn1c2ccccc2c2nnc(SCC(=O)N[C@@H](CCCC)C(C)=O)nc21. The van der Waals surface area contributed by atoms with Gasteiger partial charge in [-0.2, -0.15) is 0 Å². The van der Waals surface area contributed by atoms with Crippen LogP contribution in [0.3, 0.4) is 0 Å². The molecule has 1 aromatic carbocycles. The van der Waals surface area contributed by atoms with Crippen LogP contribution in [-0.4, -0.2) is 43.2 Å². The van der Waals surface area contributed by atoms with E-state index >= 15 is 0 Å². The Morgan fingerprint density at radius 3 is 2.83 bits per heavy atom. The second-order valence-electron chi connectivity index (χ2n) is 6.84. The Bertz CT molecular complexity index is 1050. The summed E-state index contributed by atoms with van der Waals surface area (Å²) in [5, 5.41) is 12.7. The minimum absolute atomic E-state index is 0.0231. The van der Waals surface area contributed by atoms with Crippen LogP contribution in [0.1, 0.15) is 33.1 Å². The number of benzene rings is 1. The molecule has 3 rings (SSSR count). The number of rotatable bonds is 10. The van der Waals surface area contributed by atoms with E-state index in [0.717, 1.165) is 29.3 Å². The van der Waals surface area contributed by atoms with Gasteiger partial charge in [-0.1, -0.05) is 55.8 Å². The summed E-state index contributed by atoms with van der Waals surface area (Å²) in [4.78, 5) is 28.6. The lowest BCUT2D eigenvalue weighted by Gasteiger charge is -2.15. The van der Waals surface area contributed by atoms with Crippen LogP contribution in [0.15, 0.2) is 42.1 Å². The van der Waals surface area contributed by atoms with Gasteiger partial charge in [0, 0.05) is 11.9 Å². The predicted octanol–water partition coefficient (Wildman–Crippen LogP) is 3.52. The molecule has 0 unspecified atom stereocenters. The first-order valence-corrected chi connectivity index (χ1v) is 10.7. The fourth-order valence-electron chi connectivity index (χ4n) is 3.22. The predicted molar refractivity (Wildman–Crippen MR) is 116 cm³/mol. The summed E-state index contributed by atoms with van der Waals surface area (Å²) in [6.45, 7) is 7.99. The molecule has 8 heteroatoms. The number of carbonyl (C=O) groups excluding carboxylic acids is 2. The molecule has 0 bridgehead atoms. The van der Waals surface area contributed by atoms with Gasteiger partial charge in [0.15, 0.2) is 11.4 Å². The number of aromatic nitrogens is 4. The van der Waals surface area contributed by atoms with Gasteiger partial charge in [-0.05, 0) is 19.4 Å². The summed E-state index contributed by atoms with van der Waals surface area (Å²) in [5.74, 6) is -0.100. The van der Waals surface area contributed by atoms with Crippen LogP contribution in [0.25, 0.3) is 22.1 Å². The van der Waals surface area contributed by atoms with E-state index < -0.39 is 6.04 Å². The number of nitrogens with one attached hydrogen (secondary N) is 1. The molecule has 1 N–H and O–H groups in total. The second-order valence-corrected chi connectivity index (χ2v) is 7.79. The van der Waals surface area contributed by atoms with Crippen molar-refractivity contribution in [3.8, 4) is 0 Å². The van der Waals surface area contributed by atoms with Gasteiger partial charge in [-0.15, -0.1) is 16.8 Å². The number of carbonyl (C=O) groups is 2. The first kappa shape index (κ1) is 21.0. The lowest BCUT2D eigenvalue weighted by molar-refractivity contribution is -0.125. The number of hydrogen-bond donors (Lipinski definition) is 1. The van der Waals surface area contributed by atoms with Gasteiger partial charge in [0.05, 0.1) is 17.3 Å². The zero-order chi connectivity index (χ0) is 20.8. The zero-order valence-electron chi connectivity index (χ0n) is 16.7. The number of allylic oxidation sites excluding steroid dienone is 1. The van der Waals surface area contributed by atoms with E-state index in [-0.39, 0.29) is 17.4 Å². The molecular weight excluding hydrogens is 386 g/mol. The maximum atomic E-state index is 12.3. The number of para-hydroxylation sites is 1. The first-order valence-electron chi connectivity index (χ1n) is 9.70. The summed E-state index contributed by atoms with van der Waals surface area (Å²) in [5.41, 5.74) is 2.46. The quantitative estimate of drug-likeness (QED) is 0.405. The molecule has 0 spiro atoms. The van der Waals surface area contributed by atoms with Gasteiger partial charge >= 0.3 is 0 Å². The molecule has 2 aromatic heterocycles. The summed E-state index contributed by atoms with van der Waals surface area (Å²) < 4.78 is 2.03. The van der Waals surface area contributed by atoms with Crippen LogP contribution in [-0.2, 0) is 16.1 Å². The number of hydrogen-bond acceptors (Lipinski definition) is 6. The van der Waals surface area contributed by atoms with Crippen molar-refractivity contribution in [1.82, 2.24) is 25.1 Å². The highest BCUT2D eigenvalue weighted by Crippen LogP contribution is 2.27. The molecule has 0 aliphatic carbocycles. The van der Waals surface area contributed by atoms with Gasteiger partial charge < -0.3 is 9.88 Å². The topological polar surface area (TPSA) is 89.8 Å². The van der Waals surface area contributed by atoms with Crippen LogP contribution in [0.2, 0.25) is 0 Å². The molecular formula is C21H25N5O2S. The molecule has 152 valence electrons. The van der Waals surface area contributed by atoms with E-state index in [1.165, 1.54) is 18.7 Å². The Hall–Kier alpha value is -2.74. The van der Waals surface area contributed by atoms with E-state index in [1.807, 2.05) is 34.9 Å². The van der Waals surface area contributed by atoms with Crippen molar-refractivity contribution in [3.05, 3.63) is 36.9 Å². The normalized spacial score (nSPS) is 12.2. The lowest BCUT2D eigenvalue weighted by atomic mass is 10.1. The van der Waals surface area contributed by atoms with Crippen LogP contribution >= 0.6 is 11.8 Å². The molecule has 0 aliphatic heterocycles. The third-order valence-electron chi connectivity index (χ3n) is 4.67. The fraction of sp³-hybridized carbons (Fsp3) is 0.381. The van der Waals surface area contributed by atoms with Crippen molar-refractivity contribution < 1.29 is 9.59 Å². The second kappa shape index (κ2) is 9.65. The van der Waals surface area contributed by atoms with Gasteiger partial charge in [0.1, 0.15) is 5.52 Å². The average Bonchev–Trinajstić information content (AvgIpc) is 3.03. The van der Waals surface area contributed by atoms with Crippen molar-refractivity contribution in [2.75, 3.05) is 5.75 Å². The molecule has 0 fully saturated rings. The van der Waals surface area contributed by atoms with Gasteiger partial charge in [-0.3, -0.25) is 9.59 Å².